The molecule has 3 heterocycles. The van der Waals surface area contributed by atoms with Gasteiger partial charge < -0.3 is 19.9 Å². The van der Waals surface area contributed by atoms with E-state index >= 15 is 0 Å². The second-order valence-corrected chi connectivity index (χ2v) is 8.10. The number of aromatic nitrogens is 2. The first-order valence-electron chi connectivity index (χ1n) is 10.5. The maximum Gasteiger partial charge on any atom is 0.325 e. The van der Waals surface area contributed by atoms with Crippen molar-refractivity contribution in [2.45, 2.75) is 18.5 Å². The Bertz CT molecular complexity index is 1350. The highest BCUT2D eigenvalue weighted by Crippen LogP contribution is 2.40. The van der Waals surface area contributed by atoms with Crippen LogP contribution in [-0.2, 0) is 21.7 Å². The molecular weight excluding hydrogens is 426 g/mol. The molecule has 1 spiro atoms. The summed E-state index contributed by atoms with van der Waals surface area (Å²) in [5.74, 6) is -0.107. The average Bonchev–Trinajstić information content (AvgIpc) is 3.04. The molecule has 10 nitrogen and oxygen atoms in total. The summed E-state index contributed by atoms with van der Waals surface area (Å²) in [5, 5.41) is 3.23. The van der Waals surface area contributed by atoms with Crippen molar-refractivity contribution < 1.29 is 19.1 Å². The number of fused-ring (bicyclic) bond motifs is 3. The summed E-state index contributed by atoms with van der Waals surface area (Å²) in [6.45, 7) is -0.139. The highest BCUT2D eigenvalue weighted by Gasteiger charge is 2.55. The number of H-pyrrole nitrogens is 1. The quantitative estimate of drug-likeness (QED) is 0.578. The Labute approximate surface area is 188 Å². The Morgan fingerprint density at radius 1 is 1.15 bits per heavy atom. The minimum Gasteiger partial charge on any atom is -0.493 e. The third-order valence-electron chi connectivity index (χ3n) is 6.03. The zero-order valence-corrected chi connectivity index (χ0v) is 17.8. The van der Waals surface area contributed by atoms with E-state index in [1.54, 1.807) is 48.5 Å². The molecule has 10 heteroatoms. The Kier molecular flexibility index (Phi) is 4.85. The molecule has 2 aromatic carbocycles. The molecule has 1 saturated heterocycles. The van der Waals surface area contributed by atoms with Crippen molar-refractivity contribution in [2.75, 3.05) is 20.2 Å². The summed E-state index contributed by atoms with van der Waals surface area (Å²) in [6, 6.07) is 13.3. The van der Waals surface area contributed by atoms with E-state index < -0.39 is 29.9 Å². The first-order valence-corrected chi connectivity index (χ1v) is 10.5. The van der Waals surface area contributed by atoms with Gasteiger partial charge in [0, 0.05) is 19.0 Å². The Balaban J connectivity index is 1.34. The molecule has 33 heavy (non-hydrogen) atoms. The van der Waals surface area contributed by atoms with Crippen LogP contribution in [0.3, 0.4) is 0 Å². The van der Waals surface area contributed by atoms with Crippen LogP contribution in [0.4, 0.5) is 4.79 Å². The van der Waals surface area contributed by atoms with Gasteiger partial charge in [-0.05, 0) is 18.2 Å². The molecule has 2 aliphatic heterocycles. The number of imide groups is 1. The van der Waals surface area contributed by atoms with Gasteiger partial charge >= 0.3 is 6.03 Å². The molecule has 5 rings (SSSR count). The molecule has 2 N–H and O–H groups in total. The number of hydrogen-bond donors (Lipinski definition) is 2. The summed E-state index contributed by atoms with van der Waals surface area (Å²) >= 11 is 0. The number of carbonyl (C=O) groups is 3. The first kappa shape index (κ1) is 20.7. The number of rotatable bonds is 4. The van der Waals surface area contributed by atoms with Crippen LogP contribution >= 0.6 is 0 Å². The van der Waals surface area contributed by atoms with Crippen molar-refractivity contribution in [1.29, 1.82) is 0 Å². The maximum absolute atomic E-state index is 13.3. The molecule has 1 aromatic heterocycles. The number of urea groups is 1. The van der Waals surface area contributed by atoms with E-state index in [9.17, 15) is 19.2 Å². The van der Waals surface area contributed by atoms with Gasteiger partial charge in [0.05, 0.1) is 24.1 Å². The topological polar surface area (TPSA) is 125 Å². The van der Waals surface area contributed by atoms with Crippen LogP contribution in [-0.4, -0.2) is 57.8 Å². The predicted molar refractivity (Wildman–Crippen MR) is 117 cm³/mol. The van der Waals surface area contributed by atoms with Gasteiger partial charge in [-0.2, -0.15) is 0 Å². The number of carbonyl (C=O) groups excluding carboxylic acids is 3. The van der Waals surface area contributed by atoms with E-state index in [0.717, 1.165) is 4.90 Å². The SMILES string of the molecule is CN(Cc1nc2ccccc2c(=O)[nH]1)C(=O)CN1C(=O)N[C@@]2(CCOc3ccccc32)C1=O. The van der Waals surface area contributed by atoms with Crippen LogP contribution < -0.4 is 15.6 Å². The standard InChI is InChI=1S/C23H21N5O5/c1-27(12-18-24-16-8-4-2-6-14(16)20(30)25-18)19(29)13-28-21(31)23(26-22(28)32)10-11-33-17-9-5-3-7-15(17)23/h2-9H,10-13H2,1H3,(H,26,32)(H,24,25,30)/t23-/m1/s1. The van der Waals surface area contributed by atoms with Crippen LogP contribution in [0.1, 0.15) is 17.8 Å². The van der Waals surface area contributed by atoms with Gasteiger partial charge in [-0.15, -0.1) is 0 Å². The van der Waals surface area contributed by atoms with E-state index in [4.69, 9.17) is 4.74 Å². The fraction of sp³-hybridized carbons (Fsp3) is 0.261. The summed E-state index contributed by atoms with van der Waals surface area (Å²) in [5.41, 5.74) is -0.441. The second-order valence-electron chi connectivity index (χ2n) is 8.10. The molecule has 0 bridgehead atoms. The molecule has 3 aromatic rings. The van der Waals surface area contributed by atoms with Crippen molar-refractivity contribution in [3.8, 4) is 5.75 Å². The number of nitrogens with zero attached hydrogens (tertiary/aromatic N) is 3. The fourth-order valence-electron chi connectivity index (χ4n) is 4.29. The summed E-state index contributed by atoms with van der Waals surface area (Å²) < 4.78 is 5.62. The molecule has 0 saturated carbocycles. The molecule has 0 unspecified atom stereocenters. The van der Waals surface area contributed by atoms with E-state index in [1.807, 2.05) is 0 Å². The Morgan fingerprint density at radius 2 is 1.91 bits per heavy atom. The van der Waals surface area contributed by atoms with Crippen molar-refractivity contribution in [3.05, 3.63) is 70.3 Å². The van der Waals surface area contributed by atoms with Crippen molar-refractivity contribution in [3.63, 3.8) is 0 Å². The number of amides is 4. The third-order valence-corrected chi connectivity index (χ3v) is 6.03. The lowest BCUT2D eigenvalue weighted by molar-refractivity contribution is -0.139. The number of benzene rings is 2. The normalized spacial score (nSPS) is 19.4. The highest BCUT2D eigenvalue weighted by atomic mass is 16.5. The highest BCUT2D eigenvalue weighted by molar-refractivity contribution is 6.09. The van der Waals surface area contributed by atoms with Crippen LogP contribution in [0.15, 0.2) is 53.3 Å². The van der Waals surface area contributed by atoms with E-state index in [2.05, 4.69) is 15.3 Å². The van der Waals surface area contributed by atoms with Crippen LogP contribution in [0.2, 0.25) is 0 Å². The molecule has 0 radical (unpaired) electrons. The molecule has 4 amide bonds. The number of likely N-dealkylation sites (N-methyl/N-ethyl adjacent to an activating group) is 1. The number of nitrogens with one attached hydrogen (secondary N) is 2. The zero-order valence-electron chi connectivity index (χ0n) is 17.8. The minimum absolute atomic E-state index is 0.0182. The van der Waals surface area contributed by atoms with Gasteiger partial charge in [-0.25, -0.2) is 9.78 Å². The summed E-state index contributed by atoms with van der Waals surface area (Å²) in [4.78, 5) is 60.5. The molecule has 2 aliphatic rings. The van der Waals surface area contributed by atoms with Crippen molar-refractivity contribution in [2.24, 2.45) is 0 Å². The number of ether oxygens (including phenoxy) is 1. The van der Waals surface area contributed by atoms with Gasteiger partial charge in [0.2, 0.25) is 5.91 Å². The van der Waals surface area contributed by atoms with Gasteiger partial charge in [0.25, 0.3) is 11.5 Å². The lowest BCUT2D eigenvalue weighted by atomic mass is 9.84. The van der Waals surface area contributed by atoms with Crippen LogP contribution in [0.25, 0.3) is 10.9 Å². The van der Waals surface area contributed by atoms with Crippen molar-refractivity contribution >= 4 is 28.7 Å². The molecule has 0 aliphatic carbocycles. The van der Waals surface area contributed by atoms with Gasteiger partial charge in [-0.1, -0.05) is 30.3 Å². The third kappa shape index (κ3) is 3.39. The first-order chi connectivity index (χ1) is 15.9. The molecular formula is C23H21N5O5. The minimum atomic E-state index is -1.24. The smallest absolute Gasteiger partial charge is 0.325 e. The average molecular weight is 447 g/mol. The molecule has 1 atom stereocenters. The fourth-order valence-corrected chi connectivity index (χ4v) is 4.29. The van der Waals surface area contributed by atoms with Gasteiger partial charge in [-0.3, -0.25) is 19.3 Å². The largest absolute Gasteiger partial charge is 0.493 e. The monoisotopic (exact) mass is 447 g/mol. The number of hydrogen-bond acceptors (Lipinski definition) is 6. The van der Waals surface area contributed by atoms with Gasteiger partial charge in [0.15, 0.2) is 5.54 Å². The Hall–Kier alpha value is -4.21. The van der Waals surface area contributed by atoms with Crippen LogP contribution in [0.5, 0.6) is 5.75 Å². The second kappa shape index (κ2) is 7.73. The molecule has 1 fully saturated rings. The lowest BCUT2D eigenvalue weighted by Gasteiger charge is -2.33. The van der Waals surface area contributed by atoms with E-state index in [-0.39, 0.29) is 25.1 Å². The predicted octanol–water partition coefficient (Wildman–Crippen LogP) is 1.11. The van der Waals surface area contributed by atoms with Crippen molar-refractivity contribution in [1.82, 2.24) is 25.1 Å². The lowest BCUT2D eigenvalue weighted by Crippen LogP contribution is -2.48. The number of aromatic amines is 1. The summed E-state index contributed by atoms with van der Waals surface area (Å²) in [6.07, 6.45) is 0.275. The van der Waals surface area contributed by atoms with E-state index in [1.165, 1.54) is 11.9 Å². The zero-order chi connectivity index (χ0) is 23.2. The maximum atomic E-state index is 13.3. The van der Waals surface area contributed by atoms with Crippen LogP contribution in [0, 0.1) is 0 Å². The molecule has 168 valence electrons. The van der Waals surface area contributed by atoms with E-state index in [0.29, 0.717) is 28.0 Å². The van der Waals surface area contributed by atoms with Gasteiger partial charge in [0.1, 0.15) is 18.1 Å². The summed E-state index contributed by atoms with van der Waals surface area (Å²) in [7, 11) is 1.52. The number of para-hydroxylation sites is 2. The Morgan fingerprint density at radius 3 is 2.76 bits per heavy atom.